The van der Waals surface area contributed by atoms with Crippen LogP contribution in [0.4, 0.5) is 16.2 Å². The van der Waals surface area contributed by atoms with Gasteiger partial charge in [0.25, 0.3) is 0 Å². The number of nitrogens with zero attached hydrogens (tertiary/aromatic N) is 1. The third-order valence-electron chi connectivity index (χ3n) is 7.32. The zero-order valence-corrected chi connectivity index (χ0v) is 26.9. The number of carbonyl (C=O) groups is 2. The van der Waals surface area contributed by atoms with Crippen molar-refractivity contribution in [2.45, 2.75) is 51.1 Å². The molecule has 11 nitrogen and oxygen atoms in total. The van der Waals surface area contributed by atoms with Crippen molar-refractivity contribution in [3.8, 4) is 0 Å². The zero-order chi connectivity index (χ0) is 32.8. The van der Waals surface area contributed by atoms with E-state index in [4.69, 9.17) is 15.0 Å². The number of hydrogen-bond acceptors (Lipinski definition) is 7. The van der Waals surface area contributed by atoms with E-state index in [9.17, 15) is 23.9 Å². The predicted octanol–water partition coefficient (Wildman–Crippen LogP) is 5.05. The lowest BCUT2D eigenvalue weighted by molar-refractivity contribution is -0.123. The van der Waals surface area contributed by atoms with E-state index < -0.39 is 25.9 Å². The number of anilines is 2. The first-order valence-electron chi connectivity index (χ1n) is 15.0. The molecule has 0 radical (unpaired) electrons. The maximum Gasteiger partial charge on any atom is 0.469 e. The number of nitrogens with two attached hydrogens (primary N) is 1. The molecule has 3 rings (SSSR count). The van der Waals surface area contributed by atoms with Gasteiger partial charge in [-0.1, -0.05) is 74.5 Å². The number of methoxy groups -OCH3 is 1. The molecular weight excluding hydrogens is 595 g/mol. The van der Waals surface area contributed by atoms with E-state index in [0.29, 0.717) is 38.0 Å². The number of amides is 2. The van der Waals surface area contributed by atoms with Gasteiger partial charge in [0.2, 0.25) is 5.91 Å². The minimum Gasteiger partial charge on any atom is -0.453 e. The molecular formula is C33H45N4O7P. The lowest BCUT2D eigenvalue weighted by atomic mass is 9.84. The number of phosphoric ester groups is 1. The largest absolute Gasteiger partial charge is 0.469 e. The average molecular weight is 641 g/mol. The van der Waals surface area contributed by atoms with Gasteiger partial charge in [0.05, 0.1) is 19.8 Å². The molecule has 0 heterocycles. The summed E-state index contributed by atoms with van der Waals surface area (Å²) in [5.74, 6) is -0.561. The first-order chi connectivity index (χ1) is 21.5. The molecule has 12 heteroatoms. The summed E-state index contributed by atoms with van der Waals surface area (Å²) in [6, 6.07) is 25.1. The van der Waals surface area contributed by atoms with Crippen LogP contribution < -0.4 is 21.3 Å². The maximum atomic E-state index is 13.6. The number of benzene rings is 3. The van der Waals surface area contributed by atoms with Crippen LogP contribution in [-0.2, 0) is 18.6 Å². The summed E-state index contributed by atoms with van der Waals surface area (Å²) < 4.78 is 21.4. The number of hydrogen-bond donors (Lipinski definition) is 5. The van der Waals surface area contributed by atoms with Crippen molar-refractivity contribution in [2.24, 2.45) is 5.92 Å². The molecule has 2 atom stereocenters. The predicted molar refractivity (Wildman–Crippen MR) is 176 cm³/mol. The Morgan fingerprint density at radius 1 is 0.911 bits per heavy atom. The first kappa shape index (κ1) is 35.6. The van der Waals surface area contributed by atoms with Crippen molar-refractivity contribution < 1.29 is 33.2 Å². The van der Waals surface area contributed by atoms with Gasteiger partial charge in [-0.3, -0.25) is 9.32 Å². The molecule has 0 aromatic heterocycles. The normalized spacial score (nSPS) is 12.9. The fourth-order valence-electron chi connectivity index (χ4n) is 5.25. The second kappa shape index (κ2) is 17.6. The Hall–Kier alpha value is -3.89. The molecule has 3 aromatic carbocycles. The second-order valence-corrected chi connectivity index (χ2v) is 12.5. The van der Waals surface area contributed by atoms with Crippen molar-refractivity contribution in [3.05, 3.63) is 96.1 Å². The lowest BCUT2D eigenvalue weighted by Gasteiger charge is -2.35. The molecule has 0 bridgehead atoms. The molecule has 0 aliphatic rings. The number of nitrogens with one attached hydrogen (secondary N) is 2. The van der Waals surface area contributed by atoms with Crippen molar-refractivity contribution in [3.63, 3.8) is 0 Å². The van der Waals surface area contributed by atoms with Crippen LogP contribution in [-0.4, -0.2) is 60.7 Å². The van der Waals surface area contributed by atoms with Crippen molar-refractivity contribution in [1.82, 2.24) is 10.6 Å². The standard InChI is InChI=1S/C33H45N4O7P/c1-24(2)22-37(28-19-17-27(34)18-20-28)29(23-44-45(40,41)42)16-10-11-21-35-32(38)31(36-33(39)43-3)30(25-12-6-4-7-13-25)26-14-8-5-9-15-26/h4-9,12-15,17-20,24,29-31H,10-11,16,21-23,34H2,1-3H3,(H,35,38)(H,36,39)(H2,40,41,42). The maximum absolute atomic E-state index is 13.6. The SMILES string of the molecule is COC(=O)NC(C(=O)NCCCCC(COP(=O)(O)O)N(CC(C)C)c1ccc(N)cc1)C(c1ccccc1)c1ccccc1. The summed E-state index contributed by atoms with van der Waals surface area (Å²) in [6.45, 7) is 4.92. The topological polar surface area (TPSA) is 163 Å². The molecule has 45 heavy (non-hydrogen) atoms. The van der Waals surface area contributed by atoms with Crippen LogP contribution in [0.1, 0.15) is 50.2 Å². The van der Waals surface area contributed by atoms with Crippen LogP contribution in [0, 0.1) is 5.92 Å². The van der Waals surface area contributed by atoms with E-state index in [1.807, 2.05) is 72.8 Å². The van der Waals surface area contributed by atoms with Crippen LogP contribution in [0.3, 0.4) is 0 Å². The molecule has 0 spiro atoms. The van der Waals surface area contributed by atoms with E-state index in [-0.39, 0.29) is 24.5 Å². The second-order valence-electron chi connectivity index (χ2n) is 11.3. The number of unbranched alkanes of at least 4 members (excludes halogenated alkanes) is 1. The van der Waals surface area contributed by atoms with Gasteiger partial charge in [0.15, 0.2) is 0 Å². The molecule has 244 valence electrons. The Kier molecular flexibility index (Phi) is 13.9. The fraction of sp³-hybridized carbons (Fsp3) is 0.394. The number of carbonyl (C=O) groups excluding carboxylic acids is 2. The summed E-state index contributed by atoms with van der Waals surface area (Å²) in [5.41, 5.74) is 9.10. The van der Waals surface area contributed by atoms with E-state index in [1.165, 1.54) is 7.11 Å². The third-order valence-corrected chi connectivity index (χ3v) is 7.80. The van der Waals surface area contributed by atoms with Crippen LogP contribution in [0.15, 0.2) is 84.9 Å². The molecule has 0 fully saturated rings. The average Bonchev–Trinajstić information content (AvgIpc) is 3.01. The van der Waals surface area contributed by atoms with Gasteiger partial charge in [0.1, 0.15) is 6.04 Å². The van der Waals surface area contributed by atoms with E-state index in [0.717, 1.165) is 16.8 Å². The fourth-order valence-corrected chi connectivity index (χ4v) is 5.61. The summed E-state index contributed by atoms with van der Waals surface area (Å²) >= 11 is 0. The Balaban J connectivity index is 1.72. The summed E-state index contributed by atoms with van der Waals surface area (Å²) in [6.07, 6.45) is 1.05. The number of nitrogen functional groups attached to an aromatic ring is 1. The Morgan fingerprint density at radius 2 is 1.49 bits per heavy atom. The van der Waals surface area contributed by atoms with Crippen LogP contribution >= 0.6 is 7.82 Å². The smallest absolute Gasteiger partial charge is 0.453 e. The van der Waals surface area contributed by atoms with Gasteiger partial charge in [-0.25, -0.2) is 9.36 Å². The van der Waals surface area contributed by atoms with Gasteiger partial charge in [-0.05, 0) is 60.6 Å². The van der Waals surface area contributed by atoms with Crippen molar-refractivity contribution in [2.75, 3.05) is 37.4 Å². The number of phosphoric acid groups is 1. The molecule has 3 aromatic rings. The summed E-state index contributed by atoms with van der Waals surface area (Å²) in [5, 5.41) is 5.70. The Morgan fingerprint density at radius 3 is 2.00 bits per heavy atom. The van der Waals surface area contributed by atoms with E-state index in [1.54, 1.807) is 12.1 Å². The quantitative estimate of drug-likeness (QED) is 0.0772. The Bertz CT molecular complexity index is 1330. The Labute approximate surface area is 265 Å². The molecule has 0 saturated heterocycles. The van der Waals surface area contributed by atoms with Gasteiger partial charge in [-0.2, -0.15) is 0 Å². The number of alkyl carbamates (subject to hydrolysis) is 1. The monoisotopic (exact) mass is 640 g/mol. The molecule has 0 aliphatic carbocycles. The first-order valence-corrected chi connectivity index (χ1v) is 16.6. The van der Waals surface area contributed by atoms with Crippen molar-refractivity contribution in [1.29, 1.82) is 0 Å². The third kappa shape index (κ3) is 11.9. The van der Waals surface area contributed by atoms with Gasteiger partial charge >= 0.3 is 13.9 Å². The highest BCUT2D eigenvalue weighted by Crippen LogP contribution is 2.37. The highest BCUT2D eigenvalue weighted by atomic mass is 31.2. The number of rotatable bonds is 17. The van der Waals surface area contributed by atoms with Crippen LogP contribution in [0.25, 0.3) is 0 Å². The highest BCUT2D eigenvalue weighted by molar-refractivity contribution is 7.46. The molecule has 6 N–H and O–H groups in total. The number of ether oxygens (including phenoxy) is 1. The molecule has 0 aliphatic heterocycles. The molecule has 2 unspecified atom stereocenters. The van der Waals surface area contributed by atoms with Gasteiger partial charge in [-0.15, -0.1) is 0 Å². The minimum atomic E-state index is -4.69. The minimum absolute atomic E-state index is 0.172. The van der Waals surface area contributed by atoms with Gasteiger partial charge < -0.3 is 35.8 Å². The molecule has 2 amide bonds. The lowest BCUT2D eigenvalue weighted by Crippen LogP contribution is -2.50. The summed E-state index contributed by atoms with van der Waals surface area (Å²) in [4.78, 5) is 46.9. The van der Waals surface area contributed by atoms with Crippen LogP contribution in [0.5, 0.6) is 0 Å². The summed E-state index contributed by atoms with van der Waals surface area (Å²) in [7, 11) is -3.43. The highest BCUT2D eigenvalue weighted by Gasteiger charge is 2.33. The van der Waals surface area contributed by atoms with Gasteiger partial charge in [0, 0.05) is 30.4 Å². The van der Waals surface area contributed by atoms with Crippen molar-refractivity contribution >= 4 is 31.2 Å². The van der Waals surface area contributed by atoms with E-state index in [2.05, 4.69) is 29.4 Å². The van der Waals surface area contributed by atoms with Crippen LogP contribution in [0.2, 0.25) is 0 Å². The van der Waals surface area contributed by atoms with E-state index >= 15 is 0 Å². The molecule has 0 saturated carbocycles. The zero-order valence-electron chi connectivity index (χ0n) is 26.0.